The Kier molecular flexibility index (Phi) is 7.97. The molecule has 8 amide bonds. The third-order valence-electron chi connectivity index (χ3n) is 12.7. The average Bonchev–Trinajstić information content (AvgIpc) is 3.99. The molecule has 16 nitrogen and oxygen atoms in total. The minimum Gasteiger partial charge on any atom is -0.494 e. The second kappa shape index (κ2) is 13.8. The molecule has 0 fully saturated rings. The SMILES string of the molecule is COc1cccc2sc(N3C(=O)c4ccc5c6c(ccc(c46)C3=O)C(=O)N(c3ccc(N4C(=O)c6ccc7c8c(ccc(c68)C4=O)C(=O)N(c4nc6c(OC)cccc6s4)C7=O)cc3)C5=O)nc12. The Morgan fingerprint density at radius 2 is 0.618 bits per heavy atom. The number of para-hydroxylation sites is 2. The number of ether oxygens (including phenoxy) is 2. The second-order valence-electron chi connectivity index (χ2n) is 16.0. The highest BCUT2D eigenvalue weighted by Gasteiger charge is 2.44. The monoisotopic (exact) mass is 932 g/mol. The second-order valence-corrected chi connectivity index (χ2v) is 18.1. The van der Waals surface area contributed by atoms with Crippen LogP contribution >= 0.6 is 22.7 Å². The van der Waals surface area contributed by atoms with Gasteiger partial charge in [-0.15, -0.1) is 0 Å². The van der Waals surface area contributed by atoms with Gasteiger partial charge in [-0.1, -0.05) is 34.8 Å². The number of hydrogen-bond donors (Lipinski definition) is 0. The Balaban J connectivity index is 0.812. The molecule has 0 atom stereocenters. The van der Waals surface area contributed by atoms with Gasteiger partial charge < -0.3 is 9.47 Å². The Labute approximate surface area is 388 Å². The van der Waals surface area contributed by atoms with Crippen LogP contribution in [-0.4, -0.2) is 71.4 Å². The Hall–Kier alpha value is -9.00. The zero-order chi connectivity index (χ0) is 46.6. The minimum absolute atomic E-state index is 0.0847. The number of rotatable bonds is 6. The maximum absolute atomic E-state index is 14.3. The molecule has 0 aliphatic carbocycles. The summed E-state index contributed by atoms with van der Waals surface area (Å²) in [5.41, 5.74) is 2.04. The third-order valence-corrected chi connectivity index (χ3v) is 14.7. The van der Waals surface area contributed by atoms with Gasteiger partial charge in [0.2, 0.25) is 10.3 Å². The van der Waals surface area contributed by atoms with Gasteiger partial charge >= 0.3 is 0 Å². The smallest absolute Gasteiger partial charge is 0.267 e. The molecule has 9 aromatic rings. The van der Waals surface area contributed by atoms with Gasteiger partial charge in [0.25, 0.3) is 47.3 Å². The Morgan fingerprint density at radius 1 is 0.353 bits per heavy atom. The van der Waals surface area contributed by atoms with E-state index in [0.29, 0.717) is 31.9 Å². The first-order valence-electron chi connectivity index (χ1n) is 20.7. The fourth-order valence-corrected chi connectivity index (χ4v) is 11.6. The van der Waals surface area contributed by atoms with E-state index in [0.717, 1.165) is 42.3 Å². The lowest BCUT2D eigenvalue weighted by Crippen LogP contribution is -2.44. The summed E-state index contributed by atoms with van der Waals surface area (Å²) in [6, 6.07) is 27.9. The number of amides is 8. The summed E-state index contributed by atoms with van der Waals surface area (Å²) < 4.78 is 12.3. The Bertz CT molecular complexity index is 3590. The first kappa shape index (κ1) is 39.4. The number of carbonyl (C=O) groups is 8. The molecule has 0 saturated heterocycles. The molecule has 68 heavy (non-hydrogen) atoms. The van der Waals surface area contributed by atoms with Crippen molar-refractivity contribution in [3.8, 4) is 11.5 Å². The predicted octanol–water partition coefficient (Wildman–Crippen LogP) is 8.43. The number of thiazole rings is 2. The average molecular weight is 933 g/mol. The summed E-state index contributed by atoms with van der Waals surface area (Å²) in [5, 5.41) is 0.996. The molecule has 0 radical (unpaired) electrons. The van der Waals surface area contributed by atoms with E-state index in [4.69, 9.17) is 9.47 Å². The van der Waals surface area contributed by atoms with Crippen LogP contribution in [0.2, 0.25) is 0 Å². The van der Waals surface area contributed by atoms with Gasteiger partial charge in [-0.05, 0) is 97.1 Å². The van der Waals surface area contributed by atoms with Crippen LogP contribution in [-0.2, 0) is 0 Å². The largest absolute Gasteiger partial charge is 0.494 e. The summed E-state index contributed by atoms with van der Waals surface area (Å²) in [5.74, 6) is -4.57. The molecule has 0 spiro atoms. The molecule has 326 valence electrons. The van der Waals surface area contributed by atoms with Gasteiger partial charge in [-0.2, -0.15) is 0 Å². The quantitative estimate of drug-likeness (QED) is 0.145. The van der Waals surface area contributed by atoms with Crippen molar-refractivity contribution in [1.82, 2.24) is 9.97 Å². The van der Waals surface area contributed by atoms with Crippen molar-refractivity contribution in [2.45, 2.75) is 0 Å². The number of benzene rings is 7. The van der Waals surface area contributed by atoms with Crippen molar-refractivity contribution < 1.29 is 47.8 Å². The lowest BCUT2D eigenvalue weighted by Gasteiger charge is -2.32. The molecule has 2 aromatic heterocycles. The van der Waals surface area contributed by atoms with Crippen molar-refractivity contribution in [2.24, 2.45) is 0 Å². The van der Waals surface area contributed by atoms with Crippen molar-refractivity contribution in [1.29, 1.82) is 0 Å². The topological polar surface area (TPSA) is 194 Å². The molecule has 0 unspecified atom stereocenters. The van der Waals surface area contributed by atoms with E-state index in [2.05, 4.69) is 9.97 Å². The zero-order valence-electron chi connectivity index (χ0n) is 35.0. The highest BCUT2D eigenvalue weighted by Crippen LogP contribution is 2.45. The van der Waals surface area contributed by atoms with Crippen LogP contribution in [0, 0.1) is 0 Å². The zero-order valence-corrected chi connectivity index (χ0v) is 36.6. The number of methoxy groups -OCH3 is 2. The van der Waals surface area contributed by atoms with Gasteiger partial charge in [-0.3, -0.25) is 38.4 Å². The molecular weight excluding hydrogens is 909 g/mol. The summed E-state index contributed by atoms with van der Waals surface area (Å²) in [4.78, 5) is 127. The fraction of sp³-hybridized carbons (Fsp3) is 0.0400. The van der Waals surface area contributed by atoms with Crippen molar-refractivity contribution in [2.75, 3.05) is 33.8 Å². The highest BCUT2D eigenvalue weighted by atomic mass is 32.1. The number of imide groups is 4. The van der Waals surface area contributed by atoms with Crippen molar-refractivity contribution >= 4 is 134 Å². The summed E-state index contributed by atoms with van der Waals surface area (Å²) in [7, 11) is 3.00. The van der Waals surface area contributed by atoms with E-state index in [1.807, 2.05) is 0 Å². The maximum Gasteiger partial charge on any atom is 0.267 e. The van der Waals surface area contributed by atoms with E-state index >= 15 is 0 Å². The predicted molar refractivity (Wildman–Crippen MR) is 251 cm³/mol. The first-order chi connectivity index (χ1) is 33.0. The number of carbonyl (C=O) groups excluding carboxylic acids is 8. The number of fused-ring (bicyclic) bond motifs is 2. The summed E-state index contributed by atoms with van der Waals surface area (Å²) in [6.45, 7) is 0. The van der Waals surface area contributed by atoms with Crippen LogP contribution in [0.4, 0.5) is 21.6 Å². The summed E-state index contributed by atoms with van der Waals surface area (Å²) >= 11 is 2.29. The standard InChI is InChI=1S/C50H24N6O10S2/c1-65-31-5-3-7-33-39(31)51-49(67-33)55-45(61)27-17-13-23-35-24(14-18-28(37(27)35)46(55)62)42(58)53(41(23)57)21-9-11-22(12-10-21)54-43(59)25-15-19-29-38-30(20-16-26(36(25)38)44(54)60)48(64)56(47(29)63)50-52-40-32(66-2)6-4-8-34(40)68-50/h3-20H,1-2H3. The molecule has 4 aliphatic rings. The van der Waals surface area contributed by atoms with Crippen LogP contribution in [0.15, 0.2) is 109 Å². The van der Waals surface area contributed by atoms with Gasteiger partial charge in [0.1, 0.15) is 22.5 Å². The van der Waals surface area contributed by atoms with E-state index in [9.17, 15) is 38.4 Å². The normalized spacial score (nSPS) is 15.3. The molecular formula is C50H24N6O10S2. The molecule has 7 aromatic carbocycles. The maximum atomic E-state index is 14.3. The molecule has 6 heterocycles. The molecule has 0 bridgehead atoms. The summed E-state index contributed by atoms with van der Waals surface area (Å²) in [6.07, 6.45) is 0. The third kappa shape index (κ3) is 5.00. The number of nitrogens with zero attached hydrogens (tertiary/aromatic N) is 6. The first-order valence-corrected chi connectivity index (χ1v) is 22.3. The van der Waals surface area contributed by atoms with Gasteiger partial charge in [-0.25, -0.2) is 29.6 Å². The van der Waals surface area contributed by atoms with E-state index < -0.39 is 47.3 Å². The highest BCUT2D eigenvalue weighted by molar-refractivity contribution is 7.23. The van der Waals surface area contributed by atoms with E-state index in [1.54, 1.807) is 36.4 Å². The van der Waals surface area contributed by atoms with E-state index in [1.165, 1.54) is 87.0 Å². The molecule has 0 N–H and O–H groups in total. The van der Waals surface area contributed by atoms with Crippen LogP contribution in [0.1, 0.15) is 82.9 Å². The van der Waals surface area contributed by atoms with Crippen LogP contribution in [0.5, 0.6) is 11.5 Å². The Morgan fingerprint density at radius 3 is 0.882 bits per heavy atom. The van der Waals surface area contributed by atoms with Crippen molar-refractivity contribution in [3.63, 3.8) is 0 Å². The number of hydrogen-bond acceptors (Lipinski definition) is 14. The molecule has 0 saturated carbocycles. The van der Waals surface area contributed by atoms with Gasteiger partial charge in [0.15, 0.2) is 0 Å². The van der Waals surface area contributed by atoms with Crippen molar-refractivity contribution in [3.05, 3.63) is 154 Å². The van der Waals surface area contributed by atoms with Crippen LogP contribution in [0.3, 0.4) is 0 Å². The molecule has 4 aliphatic heterocycles. The van der Waals surface area contributed by atoms with Gasteiger partial charge in [0, 0.05) is 66.1 Å². The van der Waals surface area contributed by atoms with E-state index in [-0.39, 0.29) is 87.7 Å². The van der Waals surface area contributed by atoms with Gasteiger partial charge in [0.05, 0.1) is 35.0 Å². The van der Waals surface area contributed by atoms with Crippen LogP contribution in [0.25, 0.3) is 42.0 Å². The van der Waals surface area contributed by atoms with Crippen LogP contribution < -0.4 is 29.1 Å². The molecule has 13 rings (SSSR count). The number of anilines is 4. The fourth-order valence-electron chi connectivity index (χ4n) is 9.66. The lowest BCUT2D eigenvalue weighted by molar-refractivity contribution is 0.0872. The minimum atomic E-state index is -0.719. The molecule has 18 heteroatoms. The lowest BCUT2D eigenvalue weighted by atomic mass is 9.85. The number of aromatic nitrogens is 2.